The molecule has 0 radical (unpaired) electrons. The molecular weight excluding hydrogens is 376 g/mol. The van der Waals surface area contributed by atoms with E-state index >= 15 is 0 Å². The third-order valence-electron chi connectivity index (χ3n) is 5.58. The van der Waals surface area contributed by atoms with Gasteiger partial charge in [-0.05, 0) is 43.4 Å². The lowest BCUT2D eigenvalue weighted by atomic mass is 10.1. The Morgan fingerprint density at radius 3 is 2.60 bits per heavy atom. The molecule has 1 saturated heterocycles. The van der Waals surface area contributed by atoms with Gasteiger partial charge in [0.25, 0.3) is 5.91 Å². The van der Waals surface area contributed by atoms with E-state index < -0.39 is 0 Å². The molecule has 3 heterocycles. The molecule has 2 aromatic carbocycles. The number of nitrogens with one attached hydrogen (secondary N) is 1. The van der Waals surface area contributed by atoms with Gasteiger partial charge in [0.1, 0.15) is 11.1 Å². The number of carbonyl (C=O) groups is 1. The van der Waals surface area contributed by atoms with Gasteiger partial charge in [-0.1, -0.05) is 42.5 Å². The van der Waals surface area contributed by atoms with Crippen LogP contribution in [0.4, 0.5) is 5.82 Å². The summed E-state index contributed by atoms with van der Waals surface area (Å²) < 4.78 is 6.08. The molecular formula is C24H24N4O2. The number of aromatic nitrogens is 2. The molecule has 0 atom stereocenters. The number of aryl methyl sites for hydroxylation is 1. The quantitative estimate of drug-likeness (QED) is 0.488. The molecule has 6 nitrogen and oxygen atoms in total. The summed E-state index contributed by atoms with van der Waals surface area (Å²) in [5.74, 6) is 0.689. The number of hydrogen-bond acceptors (Lipinski definition) is 5. The molecule has 0 aliphatic carbocycles. The van der Waals surface area contributed by atoms with E-state index in [1.165, 1.54) is 5.56 Å². The zero-order valence-corrected chi connectivity index (χ0v) is 16.8. The number of carbonyl (C=O) groups excluding carboxylic acids is 1. The van der Waals surface area contributed by atoms with Crippen molar-refractivity contribution < 1.29 is 9.21 Å². The molecule has 30 heavy (non-hydrogen) atoms. The number of anilines is 1. The van der Waals surface area contributed by atoms with E-state index in [1.54, 1.807) is 0 Å². The predicted molar refractivity (Wildman–Crippen MR) is 118 cm³/mol. The molecule has 5 rings (SSSR count). The zero-order chi connectivity index (χ0) is 20.3. The predicted octanol–water partition coefficient (Wildman–Crippen LogP) is 4.34. The number of benzene rings is 2. The van der Waals surface area contributed by atoms with Crippen molar-refractivity contribution in [1.29, 1.82) is 0 Å². The number of amides is 1. The lowest BCUT2D eigenvalue weighted by Gasteiger charge is -2.17. The molecule has 1 aliphatic rings. The first-order chi connectivity index (χ1) is 14.8. The van der Waals surface area contributed by atoms with Crippen molar-refractivity contribution in [3.63, 3.8) is 0 Å². The smallest absolute Gasteiger partial charge is 0.289 e. The van der Waals surface area contributed by atoms with E-state index in [0.717, 1.165) is 55.6 Å². The highest BCUT2D eigenvalue weighted by Gasteiger charge is 2.24. The average molecular weight is 400 g/mol. The summed E-state index contributed by atoms with van der Waals surface area (Å²) in [7, 11) is 0. The first-order valence-electron chi connectivity index (χ1n) is 10.6. The van der Waals surface area contributed by atoms with Gasteiger partial charge in [-0.25, -0.2) is 9.97 Å². The highest BCUT2D eigenvalue weighted by Crippen LogP contribution is 2.34. The molecule has 0 saturated carbocycles. The Balaban J connectivity index is 1.40. The van der Waals surface area contributed by atoms with Crippen LogP contribution >= 0.6 is 0 Å². The summed E-state index contributed by atoms with van der Waals surface area (Å²) in [6.45, 7) is 2.42. The van der Waals surface area contributed by atoms with E-state index in [9.17, 15) is 4.79 Å². The summed E-state index contributed by atoms with van der Waals surface area (Å²) in [5, 5.41) is 3.89. The minimum atomic E-state index is -0.240. The zero-order valence-electron chi connectivity index (χ0n) is 16.8. The Morgan fingerprint density at radius 1 is 1.00 bits per heavy atom. The molecule has 0 bridgehead atoms. The van der Waals surface area contributed by atoms with E-state index in [2.05, 4.69) is 32.3 Å². The Labute approximate surface area is 174 Å². The normalized spacial score (nSPS) is 13.9. The molecule has 2 aromatic heterocycles. The lowest BCUT2D eigenvalue weighted by Crippen LogP contribution is -2.28. The van der Waals surface area contributed by atoms with Crippen LogP contribution in [0.2, 0.25) is 0 Å². The molecule has 6 heteroatoms. The first kappa shape index (κ1) is 18.6. The van der Waals surface area contributed by atoms with Crippen LogP contribution in [0.1, 0.15) is 35.4 Å². The Kier molecular flexibility index (Phi) is 5.05. The monoisotopic (exact) mass is 400 g/mol. The standard InChI is InChI=1S/C24H24N4O2/c29-24(25-14-8-11-17-9-2-1-3-10-17)22-26-20-18-12-4-5-13-19(18)30-21(20)23(27-22)28-15-6-7-16-28/h1-5,9-10,12-13H,6-8,11,14-16H2,(H,25,29). The van der Waals surface area contributed by atoms with E-state index in [-0.39, 0.29) is 11.7 Å². The summed E-state index contributed by atoms with van der Waals surface area (Å²) in [6.07, 6.45) is 4.03. The van der Waals surface area contributed by atoms with Crippen molar-refractivity contribution in [1.82, 2.24) is 15.3 Å². The van der Waals surface area contributed by atoms with Gasteiger partial charge in [-0.2, -0.15) is 0 Å². The van der Waals surface area contributed by atoms with Crippen molar-refractivity contribution >= 4 is 33.8 Å². The summed E-state index contributed by atoms with van der Waals surface area (Å²) in [6, 6.07) is 18.1. The number of rotatable bonds is 6. The van der Waals surface area contributed by atoms with Crippen LogP contribution in [0.25, 0.3) is 22.1 Å². The summed E-state index contributed by atoms with van der Waals surface area (Å²) in [5.41, 5.74) is 3.41. The van der Waals surface area contributed by atoms with Crippen molar-refractivity contribution in [2.24, 2.45) is 0 Å². The van der Waals surface area contributed by atoms with E-state index in [0.29, 0.717) is 17.6 Å². The molecule has 1 aliphatic heterocycles. The van der Waals surface area contributed by atoms with Gasteiger partial charge in [0.05, 0.1) is 0 Å². The molecule has 0 unspecified atom stereocenters. The Hall–Kier alpha value is -3.41. The third kappa shape index (κ3) is 3.61. The van der Waals surface area contributed by atoms with Gasteiger partial charge in [-0.3, -0.25) is 4.79 Å². The minimum Gasteiger partial charge on any atom is -0.450 e. The van der Waals surface area contributed by atoms with Gasteiger partial charge in [0, 0.05) is 25.0 Å². The van der Waals surface area contributed by atoms with Crippen molar-refractivity contribution in [2.75, 3.05) is 24.5 Å². The largest absolute Gasteiger partial charge is 0.450 e. The van der Waals surface area contributed by atoms with E-state index in [4.69, 9.17) is 4.42 Å². The van der Waals surface area contributed by atoms with Crippen molar-refractivity contribution in [3.8, 4) is 0 Å². The fraction of sp³-hybridized carbons (Fsp3) is 0.292. The summed E-state index contributed by atoms with van der Waals surface area (Å²) >= 11 is 0. The summed E-state index contributed by atoms with van der Waals surface area (Å²) in [4.78, 5) is 24.2. The molecule has 4 aromatic rings. The van der Waals surface area contributed by atoms with E-state index in [1.807, 2.05) is 42.5 Å². The van der Waals surface area contributed by atoms with Gasteiger partial charge in [-0.15, -0.1) is 0 Å². The van der Waals surface area contributed by atoms with Crippen LogP contribution in [0.3, 0.4) is 0 Å². The Morgan fingerprint density at radius 2 is 1.77 bits per heavy atom. The molecule has 0 spiro atoms. The van der Waals surface area contributed by atoms with Crippen LogP contribution in [-0.4, -0.2) is 35.5 Å². The molecule has 1 amide bonds. The number of nitrogens with zero attached hydrogens (tertiary/aromatic N) is 3. The van der Waals surface area contributed by atoms with Crippen molar-refractivity contribution in [2.45, 2.75) is 25.7 Å². The van der Waals surface area contributed by atoms with Crippen LogP contribution in [0.15, 0.2) is 59.0 Å². The molecule has 152 valence electrons. The number of para-hydroxylation sites is 1. The van der Waals surface area contributed by atoms with Crippen LogP contribution in [0, 0.1) is 0 Å². The van der Waals surface area contributed by atoms with Crippen LogP contribution < -0.4 is 10.2 Å². The first-order valence-corrected chi connectivity index (χ1v) is 10.6. The second-order valence-electron chi connectivity index (χ2n) is 7.69. The minimum absolute atomic E-state index is 0.204. The highest BCUT2D eigenvalue weighted by atomic mass is 16.3. The Bertz CT molecular complexity index is 1180. The maximum Gasteiger partial charge on any atom is 0.289 e. The third-order valence-corrected chi connectivity index (χ3v) is 5.58. The second kappa shape index (κ2) is 8.14. The van der Waals surface area contributed by atoms with Gasteiger partial charge in [0.15, 0.2) is 11.4 Å². The maximum atomic E-state index is 12.8. The number of fused-ring (bicyclic) bond motifs is 3. The van der Waals surface area contributed by atoms with Crippen LogP contribution in [-0.2, 0) is 6.42 Å². The van der Waals surface area contributed by atoms with Crippen LogP contribution in [0.5, 0.6) is 0 Å². The number of hydrogen-bond donors (Lipinski definition) is 1. The van der Waals surface area contributed by atoms with Gasteiger partial charge < -0.3 is 14.6 Å². The average Bonchev–Trinajstić information content (AvgIpc) is 3.45. The molecule has 1 fully saturated rings. The SMILES string of the molecule is O=C(NCCCc1ccccc1)c1nc(N2CCCC2)c2oc3ccccc3c2n1. The second-order valence-corrected chi connectivity index (χ2v) is 7.69. The lowest BCUT2D eigenvalue weighted by molar-refractivity contribution is 0.0943. The molecule has 1 N–H and O–H groups in total. The fourth-order valence-corrected chi connectivity index (χ4v) is 4.04. The van der Waals surface area contributed by atoms with Gasteiger partial charge >= 0.3 is 0 Å². The van der Waals surface area contributed by atoms with Crippen molar-refractivity contribution in [3.05, 3.63) is 66.0 Å². The topological polar surface area (TPSA) is 71.3 Å². The fourth-order valence-electron chi connectivity index (χ4n) is 4.04. The van der Waals surface area contributed by atoms with Gasteiger partial charge in [0.2, 0.25) is 5.82 Å². The maximum absolute atomic E-state index is 12.8. The highest BCUT2D eigenvalue weighted by molar-refractivity contribution is 6.07. The number of furan rings is 1.